The number of hydrogen-bond donors (Lipinski definition) is 2. The maximum atomic E-state index is 13.9. The normalized spacial score (nSPS) is 18.2. The highest BCUT2D eigenvalue weighted by atomic mass is 35.5. The van der Waals surface area contributed by atoms with Crippen LogP contribution in [0.4, 0.5) is 29.3 Å². The average molecular weight is 686 g/mol. The fourth-order valence-electron chi connectivity index (χ4n) is 4.21. The summed E-state index contributed by atoms with van der Waals surface area (Å²) in [6.45, 7) is 4.46. The van der Waals surface area contributed by atoms with E-state index in [1.165, 1.54) is 36.0 Å². The number of ether oxygens (including phenoxy) is 2. The molecule has 2 aliphatic rings. The molecule has 0 bridgehead atoms. The monoisotopic (exact) mass is 685 g/mol. The van der Waals surface area contributed by atoms with Crippen LogP contribution in [-0.2, 0) is 36.1 Å². The first-order valence-corrected chi connectivity index (χ1v) is 16.8. The van der Waals surface area contributed by atoms with E-state index >= 15 is 0 Å². The van der Waals surface area contributed by atoms with Crippen LogP contribution in [0.2, 0.25) is 5.15 Å². The molecule has 0 radical (unpaired) electrons. The molecule has 1 aliphatic carbocycles. The molecule has 44 heavy (non-hydrogen) atoms. The number of rotatable bonds is 10. The Balaban J connectivity index is 1.63. The third-order valence-electron chi connectivity index (χ3n) is 7.02. The molecule has 2 N–H and O–H groups in total. The number of benzene rings is 1. The van der Waals surface area contributed by atoms with Crippen LogP contribution in [0.15, 0.2) is 29.3 Å². The van der Waals surface area contributed by atoms with Crippen LogP contribution in [-0.4, -0.2) is 68.3 Å². The van der Waals surface area contributed by atoms with Gasteiger partial charge in [-0.1, -0.05) is 18.5 Å². The minimum atomic E-state index is -4.85. The second-order valence-corrected chi connectivity index (χ2v) is 15.1. The van der Waals surface area contributed by atoms with Gasteiger partial charge in [0, 0.05) is 24.3 Å². The predicted molar refractivity (Wildman–Crippen MR) is 152 cm³/mol. The molecule has 13 nitrogen and oxygen atoms in total. The molecule has 1 aromatic heterocycles. The number of amides is 2. The molecule has 1 fully saturated rings. The summed E-state index contributed by atoms with van der Waals surface area (Å²) in [6.07, 6.45) is -5.19. The number of alkyl halides is 3. The zero-order chi connectivity index (χ0) is 32.8. The third kappa shape index (κ3) is 7.17. The van der Waals surface area contributed by atoms with Crippen molar-refractivity contribution in [3.05, 3.63) is 29.5 Å². The number of fused-ring (bicyclic) bond motifs is 1. The van der Waals surface area contributed by atoms with E-state index < -0.39 is 61.1 Å². The Hall–Kier alpha value is -3.25. The van der Waals surface area contributed by atoms with E-state index in [0.717, 1.165) is 4.31 Å². The zero-order valence-corrected chi connectivity index (χ0v) is 26.4. The van der Waals surface area contributed by atoms with Crippen LogP contribution < -0.4 is 19.1 Å². The van der Waals surface area contributed by atoms with E-state index in [2.05, 4.69) is 19.9 Å². The molecule has 244 valence electrons. The number of carbonyl (C=O) groups is 2. The molecule has 0 spiro atoms. The van der Waals surface area contributed by atoms with Gasteiger partial charge in [0.25, 0.3) is 10.0 Å². The van der Waals surface area contributed by atoms with Crippen LogP contribution in [0.1, 0.15) is 47.0 Å². The summed E-state index contributed by atoms with van der Waals surface area (Å²) in [4.78, 5) is 24.6. The van der Waals surface area contributed by atoms with Gasteiger partial charge in [-0.3, -0.25) is 23.8 Å². The highest BCUT2D eigenvalue weighted by Gasteiger charge is 2.51. The third-order valence-corrected chi connectivity index (χ3v) is 11.0. The van der Waals surface area contributed by atoms with Crippen molar-refractivity contribution in [2.24, 2.45) is 5.92 Å². The lowest BCUT2D eigenvalue weighted by atomic mass is 10.0. The lowest BCUT2D eigenvalue weighted by Gasteiger charge is -2.36. The van der Waals surface area contributed by atoms with Crippen LogP contribution in [0, 0.1) is 5.92 Å². The van der Waals surface area contributed by atoms with Gasteiger partial charge in [0.1, 0.15) is 16.7 Å². The highest BCUT2D eigenvalue weighted by molar-refractivity contribution is 7.93. The number of carbonyl (C=O) groups excluding carboxylic acids is 2. The molecule has 2 atom stereocenters. The van der Waals surface area contributed by atoms with Crippen molar-refractivity contribution in [3.8, 4) is 5.75 Å². The van der Waals surface area contributed by atoms with Crippen molar-refractivity contribution in [1.82, 2.24) is 14.5 Å². The quantitative estimate of drug-likeness (QED) is 0.375. The lowest BCUT2D eigenvalue weighted by molar-refractivity contribution is -0.242. The fraction of sp³-hybridized carbons (Fsp3) is 0.560. The number of aromatic nitrogens is 2. The molecule has 2 amide bonds. The number of aryl methyl sites for hydroxylation is 1. The van der Waals surface area contributed by atoms with Crippen molar-refractivity contribution in [2.75, 3.05) is 16.2 Å². The maximum absolute atomic E-state index is 13.9. The zero-order valence-electron chi connectivity index (χ0n) is 24.0. The van der Waals surface area contributed by atoms with E-state index in [1.807, 2.05) is 0 Å². The Bertz CT molecular complexity index is 1660. The minimum absolute atomic E-state index is 0.00317. The van der Waals surface area contributed by atoms with Crippen molar-refractivity contribution in [1.29, 1.82) is 0 Å². The first-order valence-electron chi connectivity index (χ1n) is 13.4. The van der Waals surface area contributed by atoms with Crippen molar-refractivity contribution in [2.45, 2.75) is 81.5 Å². The van der Waals surface area contributed by atoms with E-state index in [9.17, 15) is 39.6 Å². The largest absolute Gasteiger partial charge is 0.486 e. The van der Waals surface area contributed by atoms with Crippen molar-refractivity contribution in [3.63, 3.8) is 0 Å². The van der Waals surface area contributed by atoms with Gasteiger partial charge < -0.3 is 9.47 Å². The lowest BCUT2D eigenvalue weighted by Crippen LogP contribution is -2.46. The summed E-state index contributed by atoms with van der Waals surface area (Å²) >= 11 is 6.16. The number of nitrogens with one attached hydrogen (secondary N) is 2. The van der Waals surface area contributed by atoms with Gasteiger partial charge in [0.2, 0.25) is 21.5 Å². The van der Waals surface area contributed by atoms with Gasteiger partial charge in [-0.15, -0.1) is 0 Å². The molecular formula is C25H31ClF3N5O8S2. The van der Waals surface area contributed by atoms with Gasteiger partial charge in [0.05, 0.1) is 17.5 Å². The first kappa shape index (κ1) is 33.6. The van der Waals surface area contributed by atoms with Gasteiger partial charge in [-0.05, 0) is 58.2 Å². The number of sulfonamides is 2. The average Bonchev–Trinajstić information content (AvgIpc) is 3.69. The van der Waals surface area contributed by atoms with Crippen LogP contribution in [0.25, 0.3) is 0 Å². The van der Waals surface area contributed by atoms with E-state index in [0.29, 0.717) is 33.2 Å². The number of anilines is 2. The Morgan fingerprint density at radius 1 is 1.20 bits per heavy atom. The predicted octanol–water partition coefficient (Wildman–Crippen LogP) is 4.04. The molecule has 19 heteroatoms. The van der Waals surface area contributed by atoms with Gasteiger partial charge >= 0.3 is 12.3 Å². The van der Waals surface area contributed by atoms with E-state index in [-0.39, 0.29) is 40.1 Å². The Labute approximate surface area is 257 Å². The van der Waals surface area contributed by atoms with Gasteiger partial charge in [-0.2, -0.15) is 18.3 Å². The molecule has 2 aromatic rings. The summed E-state index contributed by atoms with van der Waals surface area (Å²) in [6, 6.07) is 3.71. The van der Waals surface area contributed by atoms with E-state index in [4.69, 9.17) is 16.3 Å². The molecular weight excluding hydrogens is 655 g/mol. The summed E-state index contributed by atoms with van der Waals surface area (Å²) in [7, 11) is -8.27. The van der Waals surface area contributed by atoms with Crippen molar-refractivity contribution < 1.29 is 49.1 Å². The molecule has 2 heterocycles. The Morgan fingerprint density at radius 3 is 2.43 bits per heavy atom. The summed E-state index contributed by atoms with van der Waals surface area (Å²) < 4.78 is 107. The molecule has 0 saturated heterocycles. The highest BCUT2D eigenvalue weighted by Crippen LogP contribution is 2.41. The van der Waals surface area contributed by atoms with Crippen LogP contribution in [0.5, 0.6) is 5.75 Å². The smallest absolute Gasteiger partial charge is 0.427 e. The number of halogens is 4. The fourth-order valence-corrected chi connectivity index (χ4v) is 7.56. The second-order valence-electron chi connectivity index (χ2n) is 11.0. The molecule has 1 aromatic carbocycles. The van der Waals surface area contributed by atoms with Crippen molar-refractivity contribution >= 4 is 55.0 Å². The van der Waals surface area contributed by atoms with Gasteiger partial charge in [-0.25, -0.2) is 21.6 Å². The molecule has 1 saturated carbocycles. The summed E-state index contributed by atoms with van der Waals surface area (Å²) in [5, 5.41) is 5.19. The maximum Gasteiger partial charge on any atom is 0.427 e. The molecule has 0 unspecified atom stereocenters. The summed E-state index contributed by atoms with van der Waals surface area (Å²) in [5.41, 5.74) is -3.01. The SMILES string of the molecule is CCn1cc(S(=O)(=O)N2C[C@H](C[C@@H](C)C(=O)NS(=O)(=O)C3CC3)Oc3ccc(NC(=O)OC(C)(C)C(F)(F)F)cc32)c(Cl)n1. The minimum Gasteiger partial charge on any atom is -0.486 e. The Morgan fingerprint density at radius 2 is 1.86 bits per heavy atom. The van der Waals surface area contributed by atoms with Gasteiger partial charge in [0.15, 0.2) is 5.15 Å². The summed E-state index contributed by atoms with van der Waals surface area (Å²) in [5.74, 6) is -1.68. The van der Waals surface area contributed by atoms with Crippen LogP contribution >= 0.6 is 11.6 Å². The topological polar surface area (TPSA) is 166 Å². The molecule has 1 aliphatic heterocycles. The number of hydrogen-bond acceptors (Lipinski definition) is 9. The number of nitrogens with zero attached hydrogens (tertiary/aromatic N) is 3. The molecule has 4 rings (SSSR count). The second kappa shape index (κ2) is 11.9. The van der Waals surface area contributed by atoms with E-state index in [1.54, 1.807) is 6.92 Å². The van der Waals surface area contributed by atoms with Crippen LogP contribution in [0.3, 0.4) is 0 Å². The Kier molecular flexibility index (Phi) is 9.12. The standard InChI is InChI=1S/C25H31ClF3N5O8S2/c1-5-33-13-20(21(26)31-33)44(39,40)34-12-16(10-14(2)22(35)32-43(37,38)17-7-8-17)41-19-9-6-15(11-18(19)34)30-23(36)42-24(3,4)25(27,28)29/h6,9,11,13-14,16-17H,5,7-8,10,12H2,1-4H3,(H,30,36)(H,32,35)/t14-,16+/m1/s1. The first-order chi connectivity index (χ1) is 20.2.